The Hall–Kier alpha value is -3.60. The van der Waals surface area contributed by atoms with Crippen molar-refractivity contribution in [3.8, 4) is 11.8 Å². The van der Waals surface area contributed by atoms with E-state index in [4.69, 9.17) is 5.26 Å². The van der Waals surface area contributed by atoms with Crippen molar-refractivity contribution in [3.05, 3.63) is 77.5 Å². The van der Waals surface area contributed by atoms with E-state index in [1.165, 1.54) is 22.9 Å². The molecular weight excluding hydrogens is 345 g/mol. The van der Waals surface area contributed by atoms with E-state index in [0.29, 0.717) is 11.3 Å². The van der Waals surface area contributed by atoms with Gasteiger partial charge in [0.2, 0.25) is 0 Å². The van der Waals surface area contributed by atoms with Crippen molar-refractivity contribution in [2.24, 2.45) is 0 Å². The number of benzene rings is 2. The second kappa shape index (κ2) is 6.72. The molecule has 2 aromatic carbocycles. The van der Waals surface area contributed by atoms with E-state index in [2.05, 4.69) is 10.4 Å². The maximum atomic E-state index is 12.7. The molecule has 26 heavy (non-hydrogen) atoms. The minimum atomic E-state index is -4.52. The van der Waals surface area contributed by atoms with Gasteiger partial charge in [0.15, 0.2) is 5.82 Å². The normalized spacial score (nSPS) is 11.0. The first-order valence-corrected chi connectivity index (χ1v) is 7.41. The molecule has 1 amide bonds. The first-order chi connectivity index (χ1) is 12.4. The van der Waals surface area contributed by atoms with E-state index in [0.717, 1.165) is 12.1 Å². The van der Waals surface area contributed by atoms with Crippen LogP contribution in [0.15, 0.2) is 60.8 Å². The fraction of sp³-hybridized carbons (Fsp3) is 0.0556. The number of carbonyl (C=O) groups excluding carboxylic acids is 1. The van der Waals surface area contributed by atoms with Gasteiger partial charge in [0.25, 0.3) is 5.91 Å². The molecule has 0 bridgehead atoms. The Balaban J connectivity index is 1.76. The van der Waals surface area contributed by atoms with Gasteiger partial charge >= 0.3 is 6.18 Å². The Morgan fingerprint density at radius 1 is 1.12 bits per heavy atom. The molecule has 0 unspecified atom stereocenters. The van der Waals surface area contributed by atoms with Crippen LogP contribution in [0.25, 0.3) is 5.69 Å². The van der Waals surface area contributed by atoms with Gasteiger partial charge < -0.3 is 5.32 Å². The standard InChI is InChI=1S/C18H11F3N4O/c19-18(20,21)14-3-1-2-13(10-14)17(26)23-16-8-9-25(24-16)15-6-4-12(11-22)5-7-15/h1-10H,(H,23,24,26). The molecule has 1 aromatic heterocycles. The van der Waals surface area contributed by atoms with Gasteiger partial charge in [0.05, 0.1) is 22.9 Å². The highest BCUT2D eigenvalue weighted by Gasteiger charge is 2.30. The summed E-state index contributed by atoms with van der Waals surface area (Å²) >= 11 is 0. The molecule has 0 saturated heterocycles. The molecule has 0 aliphatic carbocycles. The van der Waals surface area contributed by atoms with E-state index >= 15 is 0 Å². The topological polar surface area (TPSA) is 70.7 Å². The summed E-state index contributed by atoms with van der Waals surface area (Å²) in [5.74, 6) is -0.502. The number of halogens is 3. The second-order valence-electron chi connectivity index (χ2n) is 5.34. The zero-order valence-corrected chi connectivity index (χ0v) is 13.2. The molecule has 8 heteroatoms. The lowest BCUT2D eigenvalue weighted by molar-refractivity contribution is -0.137. The average molecular weight is 356 g/mol. The molecule has 5 nitrogen and oxygen atoms in total. The fourth-order valence-corrected chi connectivity index (χ4v) is 2.25. The van der Waals surface area contributed by atoms with Crippen LogP contribution in [0.3, 0.4) is 0 Å². The summed E-state index contributed by atoms with van der Waals surface area (Å²) in [5, 5.41) is 15.4. The molecule has 3 rings (SSSR count). The number of nitrogens with one attached hydrogen (secondary N) is 1. The lowest BCUT2D eigenvalue weighted by Crippen LogP contribution is -2.14. The number of nitrogens with zero attached hydrogens (tertiary/aromatic N) is 3. The second-order valence-corrected chi connectivity index (χ2v) is 5.34. The van der Waals surface area contributed by atoms with Gasteiger partial charge in [0.1, 0.15) is 0 Å². The maximum absolute atomic E-state index is 12.7. The third-order valence-corrected chi connectivity index (χ3v) is 3.54. The van der Waals surface area contributed by atoms with Crippen molar-refractivity contribution in [2.45, 2.75) is 6.18 Å². The van der Waals surface area contributed by atoms with E-state index in [1.807, 2.05) is 6.07 Å². The Kier molecular flexibility index (Phi) is 4.45. The van der Waals surface area contributed by atoms with Gasteiger partial charge in [0, 0.05) is 17.8 Å². The Morgan fingerprint density at radius 2 is 1.85 bits per heavy atom. The highest BCUT2D eigenvalue weighted by molar-refractivity contribution is 6.03. The van der Waals surface area contributed by atoms with E-state index in [-0.39, 0.29) is 11.4 Å². The monoisotopic (exact) mass is 356 g/mol. The van der Waals surface area contributed by atoms with Crippen molar-refractivity contribution >= 4 is 11.7 Å². The van der Waals surface area contributed by atoms with Crippen molar-refractivity contribution in [1.82, 2.24) is 9.78 Å². The van der Waals surface area contributed by atoms with E-state index in [1.54, 1.807) is 30.5 Å². The molecule has 0 spiro atoms. The molecule has 0 fully saturated rings. The first kappa shape index (κ1) is 17.2. The maximum Gasteiger partial charge on any atom is 0.416 e. The van der Waals surface area contributed by atoms with Crippen LogP contribution in [0.2, 0.25) is 0 Å². The molecule has 0 saturated carbocycles. The van der Waals surface area contributed by atoms with Gasteiger partial charge in [-0.3, -0.25) is 4.79 Å². The number of hydrogen-bond donors (Lipinski definition) is 1. The predicted molar refractivity (Wildman–Crippen MR) is 87.7 cm³/mol. The van der Waals surface area contributed by atoms with Crippen molar-refractivity contribution in [1.29, 1.82) is 5.26 Å². The van der Waals surface area contributed by atoms with Crippen LogP contribution in [0.5, 0.6) is 0 Å². The minimum absolute atomic E-state index is 0.118. The Labute approximate surface area is 146 Å². The molecule has 1 N–H and O–H groups in total. The number of alkyl halides is 3. The van der Waals surface area contributed by atoms with Crippen LogP contribution >= 0.6 is 0 Å². The number of aromatic nitrogens is 2. The third-order valence-electron chi connectivity index (χ3n) is 3.54. The zero-order chi connectivity index (χ0) is 18.7. The van der Waals surface area contributed by atoms with Gasteiger partial charge in [-0.2, -0.15) is 23.5 Å². The van der Waals surface area contributed by atoms with Gasteiger partial charge in [-0.05, 0) is 42.5 Å². The fourth-order valence-electron chi connectivity index (χ4n) is 2.25. The summed E-state index contributed by atoms with van der Waals surface area (Å²) < 4.78 is 39.7. The largest absolute Gasteiger partial charge is 0.416 e. The van der Waals surface area contributed by atoms with E-state index < -0.39 is 17.6 Å². The Bertz CT molecular complexity index is 985. The summed E-state index contributed by atoms with van der Waals surface area (Å²) in [6, 6.07) is 14.3. The zero-order valence-electron chi connectivity index (χ0n) is 13.2. The molecule has 3 aromatic rings. The van der Waals surface area contributed by atoms with Crippen molar-refractivity contribution in [2.75, 3.05) is 5.32 Å². The van der Waals surface area contributed by atoms with Crippen LogP contribution in [-0.2, 0) is 6.18 Å². The predicted octanol–water partition coefficient (Wildman–Crippen LogP) is 4.02. The molecule has 0 atom stereocenters. The number of hydrogen-bond acceptors (Lipinski definition) is 3. The summed E-state index contributed by atoms with van der Waals surface area (Å²) in [6.07, 6.45) is -2.93. The third kappa shape index (κ3) is 3.72. The first-order valence-electron chi connectivity index (χ1n) is 7.41. The molecule has 0 aliphatic heterocycles. The lowest BCUT2D eigenvalue weighted by atomic mass is 10.1. The molecule has 0 aliphatic rings. The Morgan fingerprint density at radius 3 is 2.50 bits per heavy atom. The van der Waals surface area contributed by atoms with Crippen LogP contribution in [-0.4, -0.2) is 15.7 Å². The molecular formula is C18H11F3N4O. The van der Waals surface area contributed by atoms with Crippen LogP contribution in [0, 0.1) is 11.3 Å². The summed E-state index contributed by atoms with van der Waals surface area (Å²) in [7, 11) is 0. The minimum Gasteiger partial charge on any atom is -0.305 e. The van der Waals surface area contributed by atoms with Gasteiger partial charge in [-0.15, -0.1) is 0 Å². The molecule has 0 radical (unpaired) electrons. The summed E-state index contributed by atoms with van der Waals surface area (Å²) in [6.45, 7) is 0. The van der Waals surface area contributed by atoms with Crippen molar-refractivity contribution < 1.29 is 18.0 Å². The molecule has 130 valence electrons. The number of rotatable bonds is 3. The number of nitriles is 1. The number of anilines is 1. The van der Waals surface area contributed by atoms with Crippen molar-refractivity contribution in [3.63, 3.8) is 0 Å². The molecule has 1 heterocycles. The van der Waals surface area contributed by atoms with Crippen LogP contribution in [0.1, 0.15) is 21.5 Å². The highest BCUT2D eigenvalue weighted by atomic mass is 19.4. The SMILES string of the molecule is N#Cc1ccc(-n2ccc(NC(=O)c3cccc(C(F)(F)F)c3)n2)cc1. The average Bonchev–Trinajstić information content (AvgIpc) is 3.09. The van der Waals surface area contributed by atoms with Crippen LogP contribution < -0.4 is 5.32 Å². The highest BCUT2D eigenvalue weighted by Crippen LogP contribution is 2.29. The lowest BCUT2D eigenvalue weighted by Gasteiger charge is -2.08. The summed E-state index contributed by atoms with van der Waals surface area (Å²) in [4.78, 5) is 12.2. The number of carbonyl (C=O) groups is 1. The van der Waals surface area contributed by atoms with Crippen LogP contribution in [0.4, 0.5) is 19.0 Å². The number of amides is 1. The smallest absolute Gasteiger partial charge is 0.305 e. The quantitative estimate of drug-likeness (QED) is 0.771. The van der Waals surface area contributed by atoms with Gasteiger partial charge in [-0.25, -0.2) is 4.68 Å². The summed E-state index contributed by atoms with van der Waals surface area (Å²) in [5.41, 5.74) is 0.156. The van der Waals surface area contributed by atoms with Gasteiger partial charge in [-0.1, -0.05) is 6.07 Å². The van der Waals surface area contributed by atoms with E-state index in [9.17, 15) is 18.0 Å².